The van der Waals surface area contributed by atoms with Crippen molar-refractivity contribution in [2.75, 3.05) is 0 Å². The summed E-state index contributed by atoms with van der Waals surface area (Å²) in [5.41, 5.74) is 6.72. The van der Waals surface area contributed by atoms with Crippen LogP contribution in [0.4, 0.5) is 0 Å². The molecule has 8 heavy (non-hydrogen) atoms. The summed E-state index contributed by atoms with van der Waals surface area (Å²) in [6.07, 6.45) is 3.08. The smallest absolute Gasteiger partial charge is 0.235 e. The average molecular weight is 109 g/mol. The van der Waals surface area contributed by atoms with Gasteiger partial charge in [0.2, 0.25) is 5.96 Å². The molecular formula is C4H5N4. The minimum Gasteiger partial charge on any atom is -0.266 e. The van der Waals surface area contributed by atoms with Crippen molar-refractivity contribution in [3.8, 4) is 0 Å². The molecule has 0 fully saturated rings. The van der Waals surface area contributed by atoms with E-state index in [1.165, 1.54) is 10.9 Å². The van der Waals surface area contributed by atoms with Gasteiger partial charge in [0.1, 0.15) is 0 Å². The Morgan fingerprint density at radius 2 is 2.38 bits per heavy atom. The van der Waals surface area contributed by atoms with Gasteiger partial charge in [-0.2, -0.15) is 5.10 Å². The lowest BCUT2D eigenvalue weighted by atomic mass is 10.7. The Morgan fingerprint density at radius 3 is 2.62 bits per heavy atom. The van der Waals surface area contributed by atoms with E-state index in [2.05, 4.69) is 5.10 Å². The van der Waals surface area contributed by atoms with Crippen LogP contribution in [0.3, 0.4) is 0 Å². The van der Waals surface area contributed by atoms with E-state index in [0.29, 0.717) is 0 Å². The molecule has 0 aliphatic carbocycles. The van der Waals surface area contributed by atoms with Gasteiger partial charge in [-0.25, -0.2) is 4.68 Å². The number of nitrogens with one attached hydrogen (secondary N) is 2. The Labute approximate surface area is 46.4 Å². The van der Waals surface area contributed by atoms with Crippen LogP contribution < -0.4 is 5.73 Å². The summed E-state index contributed by atoms with van der Waals surface area (Å²) in [4.78, 5) is 0. The van der Waals surface area contributed by atoms with Crippen molar-refractivity contribution < 1.29 is 0 Å². The monoisotopic (exact) mass is 109 g/mol. The summed E-state index contributed by atoms with van der Waals surface area (Å²) in [5.74, 6) is -0.310. The molecule has 0 bridgehead atoms. The molecule has 1 radical (unpaired) electrons. The molecular weight excluding hydrogens is 104 g/mol. The molecule has 0 amide bonds. The number of hydrogen-bond acceptors (Lipinski definition) is 2. The van der Waals surface area contributed by atoms with Crippen molar-refractivity contribution in [1.82, 2.24) is 15.5 Å². The van der Waals surface area contributed by atoms with E-state index < -0.39 is 0 Å². The molecule has 0 aromatic carbocycles. The van der Waals surface area contributed by atoms with Crippen LogP contribution in [0.25, 0.3) is 0 Å². The van der Waals surface area contributed by atoms with E-state index in [1.54, 1.807) is 12.3 Å². The van der Waals surface area contributed by atoms with Gasteiger partial charge < -0.3 is 0 Å². The molecule has 0 aliphatic heterocycles. The molecule has 1 rings (SSSR count). The zero-order chi connectivity index (χ0) is 5.98. The maximum atomic E-state index is 6.72. The molecule has 4 nitrogen and oxygen atoms in total. The summed E-state index contributed by atoms with van der Waals surface area (Å²) in [5, 5.41) is 10.3. The first-order valence-electron chi connectivity index (χ1n) is 2.11. The van der Waals surface area contributed by atoms with Crippen molar-refractivity contribution in [3.05, 3.63) is 18.5 Å². The topological polar surface area (TPSA) is 65.5 Å². The molecule has 2 N–H and O–H groups in total. The zero-order valence-electron chi connectivity index (χ0n) is 4.13. The maximum Gasteiger partial charge on any atom is 0.235 e. The third kappa shape index (κ3) is 0.676. The van der Waals surface area contributed by atoms with Crippen LogP contribution in [0.15, 0.2) is 18.5 Å². The normalized spacial score (nSPS) is 9.00. The van der Waals surface area contributed by atoms with Gasteiger partial charge in [0, 0.05) is 12.4 Å². The fourth-order valence-corrected chi connectivity index (χ4v) is 0.401. The van der Waals surface area contributed by atoms with E-state index in [4.69, 9.17) is 11.1 Å². The third-order valence-corrected chi connectivity index (χ3v) is 0.734. The van der Waals surface area contributed by atoms with Gasteiger partial charge in [-0.3, -0.25) is 11.1 Å². The zero-order valence-corrected chi connectivity index (χ0v) is 4.13. The standard InChI is InChI=1S/C4H5N4/c5-4(6)8-3-1-2-7-8/h1-3,5-6H. The van der Waals surface area contributed by atoms with Crippen molar-refractivity contribution >= 4 is 5.96 Å². The first-order valence-corrected chi connectivity index (χ1v) is 2.11. The molecule has 0 spiro atoms. The lowest BCUT2D eigenvalue weighted by Crippen LogP contribution is -2.10. The molecule has 0 saturated carbocycles. The summed E-state index contributed by atoms with van der Waals surface area (Å²) in [6.45, 7) is 0. The third-order valence-electron chi connectivity index (χ3n) is 0.734. The number of nitrogens with zero attached hydrogens (tertiary/aromatic N) is 2. The van der Waals surface area contributed by atoms with Crippen molar-refractivity contribution in [3.63, 3.8) is 0 Å². The second-order valence-electron chi connectivity index (χ2n) is 1.30. The van der Waals surface area contributed by atoms with E-state index in [9.17, 15) is 0 Å². The van der Waals surface area contributed by atoms with E-state index in [1.807, 2.05) is 0 Å². The molecule has 41 valence electrons. The van der Waals surface area contributed by atoms with Crippen LogP contribution in [-0.4, -0.2) is 15.7 Å². The Balaban J connectivity index is 2.93. The van der Waals surface area contributed by atoms with Gasteiger partial charge in [-0.1, -0.05) is 0 Å². The lowest BCUT2D eigenvalue weighted by Gasteiger charge is -1.89. The van der Waals surface area contributed by atoms with E-state index in [-0.39, 0.29) is 5.96 Å². The SMILES string of the molecule is [NH]C(=N)n1cccn1. The molecule has 4 heteroatoms. The van der Waals surface area contributed by atoms with Gasteiger partial charge in [-0.05, 0) is 6.07 Å². The predicted octanol–water partition coefficient (Wildman–Crippen LogP) is -0.0511. The van der Waals surface area contributed by atoms with Crippen LogP contribution in [0.2, 0.25) is 0 Å². The van der Waals surface area contributed by atoms with Gasteiger partial charge in [0.05, 0.1) is 0 Å². The highest BCUT2D eigenvalue weighted by Crippen LogP contribution is 1.78. The van der Waals surface area contributed by atoms with Gasteiger partial charge in [0.25, 0.3) is 0 Å². The fourth-order valence-electron chi connectivity index (χ4n) is 0.401. The molecule has 0 unspecified atom stereocenters. The van der Waals surface area contributed by atoms with Crippen LogP contribution in [0.5, 0.6) is 0 Å². The highest BCUT2D eigenvalue weighted by atomic mass is 15.3. The van der Waals surface area contributed by atoms with E-state index in [0.717, 1.165) is 0 Å². The second-order valence-corrected chi connectivity index (χ2v) is 1.30. The molecule has 0 atom stereocenters. The van der Waals surface area contributed by atoms with Gasteiger partial charge in [0.15, 0.2) is 0 Å². The molecule has 1 aromatic rings. The average Bonchev–Trinajstić information content (AvgIpc) is 2.12. The number of rotatable bonds is 0. The summed E-state index contributed by atoms with van der Waals surface area (Å²) < 4.78 is 1.17. The molecule has 1 heterocycles. The van der Waals surface area contributed by atoms with E-state index >= 15 is 0 Å². The molecule has 1 aromatic heterocycles. The summed E-state index contributed by atoms with van der Waals surface area (Å²) in [6, 6.07) is 1.67. The fraction of sp³-hybridized carbons (Fsp3) is 0. The quantitative estimate of drug-likeness (QED) is 0.368. The minimum atomic E-state index is -0.310. The van der Waals surface area contributed by atoms with Crippen molar-refractivity contribution in [2.24, 2.45) is 0 Å². The number of hydrogen-bond donors (Lipinski definition) is 1. The predicted molar refractivity (Wildman–Crippen MR) is 28.4 cm³/mol. The van der Waals surface area contributed by atoms with Gasteiger partial charge in [-0.15, -0.1) is 0 Å². The summed E-state index contributed by atoms with van der Waals surface area (Å²) >= 11 is 0. The highest BCUT2D eigenvalue weighted by molar-refractivity contribution is 5.74. The lowest BCUT2D eigenvalue weighted by molar-refractivity contribution is 0.907. The van der Waals surface area contributed by atoms with Crippen LogP contribution >= 0.6 is 0 Å². The Kier molecular flexibility index (Phi) is 0.997. The molecule has 0 aliphatic rings. The van der Waals surface area contributed by atoms with Crippen LogP contribution in [0.1, 0.15) is 0 Å². The largest absolute Gasteiger partial charge is 0.266 e. The first kappa shape index (κ1) is 4.83. The number of aromatic nitrogens is 2. The first-order chi connectivity index (χ1) is 3.80. The minimum absolute atomic E-state index is 0.310. The van der Waals surface area contributed by atoms with Crippen LogP contribution in [0, 0.1) is 5.41 Å². The summed E-state index contributed by atoms with van der Waals surface area (Å²) in [7, 11) is 0. The molecule has 0 saturated heterocycles. The van der Waals surface area contributed by atoms with Crippen LogP contribution in [-0.2, 0) is 0 Å². The Hall–Kier alpha value is -1.32. The Bertz CT molecular complexity index is 176. The van der Waals surface area contributed by atoms with Gasteiger partial charge >= 0.3 is 0 Å². The highest BCUT2D eigenvalue weighted by Gasteiger charge is 1.88. The Morgan fingerprint density at radius 1 is 1.62 bits per heavy atom. The maximum absolute atomic E-state index is 6.72. The van der Waals surface area contributed by atoms with Crippen molar-refractivity contribution in [2.45, 2.75) is 0 Å². The second kappa shape index (κ2) is 1.65. The van der Waals surface area contributed by atoms with Crippen molar-refractivity contribution in [1.29, 1.82) is 5.41 Å².